The highest BCUT2D eigenvalue weighted by Gasteiger charge is 1.85. The normalized spacial score (nSPS) is 6.43. The van der Waals surface area contributed by atoms with Crippen LogP contribution in [-0.4, -0.2) is 18.9 Å². The number of carbonyl (C=O) groups is 1. The number of methoxy groups -OCH3 is 1. The third-order valence-electron chi connectivity index (χ3n) is 0.391. The van der Waals surface area contributed by atoms with E-state index in [4.69, 9.17) is 5.41 Å². The van der Waals surface area contributed by atoms with Crippen LogP contribution in [0.25, 0.3) is 0 Å². The van der Waals surface area contributed by atoms with E-state index in [0.717, 1.165) is 6.08 Å². The van der Waals surface area contributed by atoms with Crippen LogP contribution < -0.4 is 0 Å². The average Bonchev–Trinajstić information content (AvgIpc) is 1.68. The summed E-state index contributed by atoms with van der Waals surface area (Å²) in [7, 11) is 1.25. The molecular weight excluding hydrogens is 94.0 g/mol. The molecule has 3 heteroatoms. The fraction of sp³-hybridized carbons (Fsp3) is 0.250. The highest BCUT2D eigenvalue weighted by Crippen LogP contribution is 1.67. The summed E-state index contributed by atoms with van der Waals surface area (Å²) in [4.78, 5) is 9.95. The number of hydrogen-bond acceptors (Lipinski definition) is 3. The maximum atomic E-state index is 9.95. The summed E-state index contributed by atoms with van der Waals surface area (Å²) < 4.78 is 4.11. The molecule has 0 atom stereocenters. The van der Waals surface area contributed by atoms with E-state index in [2.05, 4.69) is 4.74 Å². The minimum absolute atomic E-state index is 0.546. The maximum absolute atomic E-state index is 9.95. The van der Waals surface area contributed by atoms with Crippen LogP contribution in [0.2, 0.25) is 0 Å². The number of esters is 1. The Morgan fingerprint density at radius 1 is 2.00 bits per heavy atom. The first-order valence-electron chi connectivity index (χ1n) is 1.64. The van der Waals surface area contributed by atoms with Crippen LogP contribution in [-0.2, 0) is 9.53 Å². The molecule has 0 spiro atoms. The molecule has 0 rings (SSSR count). The standard InChI is InChI=1S/C4H5NO2/c1-7-4(6)2-3-5/h2,5H,1H3. The Morgan fingerprint density at radius 2 is 2.57 bits per heavy atom. The Hall–Kier alpha value is -1.08. The summed E-state index contributed by atoms with van der Waals surface area (Å²) >= 11 is 0. The molecule has 38 valence electrons. The summed E-state index contributed by atoms with van der Waals surface area (Å²) in [5.41, 5.74) is 0. The quantitative estimate of drug-likeness (QED) is 0.285. The Kier molecular flexibility index (Phi) is 2.64. The van der Waals surface area contributed by atoms with Gasteiger partial charge in [-0.3, -0.25) is 5.41 Å². The molecular formula is C4H5NO2. The zero-order valence-corrected chi connectivity index (χ0v) is 3.89. The van der Waals surface area contributed by atoms with Crippen molar-refractivity contribution in [2.45, 2.75) is 0 Å². The molecule has 0 radical (unpaired) electrons. The SMILES string of the molecule is COC(=O)C=C=N. The lowest BCUT2D eigenvalue weighted by molar-refractivity contribution is -0.134. The van der Waals surface area contributed by atoms with Gasteiger partial charge in [-0.05, 0) is 5.87 Å². The fourth-order valence-electron chi connectivity index (χ4n) is 0.118. The van der Waals surface area contributed by atoms with Crippen molar-refractivity contribution in [3.8, 4) is 0 Å². The molecule has 3 nitrogen and oxygen atoms in total. The number of nitrogens with one attached hydrogen (secondary N) is 1. The van der Waals surface area contributed by atoms with E-state index < -0.39 is 5.97 Å². The van der Waals surface area contributed by atoms with Crippen LogP contribution in [0.15, 0.2) is 6.08 Å². The van der Waals surface area contributed by atoms with Gasteiger partial charge in [0.15, 0.2) is 0 Å². The van der Waals surface area contributed by atoms with Crippen molar-refractivity contribution >= 4 is 11.8 Å². The van der Waals surface area contributed by atoms with Gasteiger partial charge in [0, 0.05) is 0 Å². The molecule has 0 aromatic heterocycles. The number of rotatable bonds is 1. The maximum Gasteiger partial charge on any atom is 0.339 e. The van der Waals surface area contributed by atoms with E-state index in [9.17, 15) is 4.79 Å². The Labute approximate surface area is 41.1 Å². The van der Waals surface area contributed by atoms with Crippen LogP contribution in [0.5, 0.6) is 0 Å². The summed E-state index contributed by atoms with van der Waals surface area (Å²) in [5, 5.41) is 6.23. The molecule has 0 amide bonds. The Bertz CT molecular complexity index is 113. The second-order valence-corrected chi connectivity index (χ2v) is 0.812. The lowest BCUT2D eigenvalue weighted by Crippen LogP contribution is -1.92. The lowest BCUT2D eigenvalue weighted by atomic mass is 10.6. The van der Waals surface area contributed by atoms with E-state index in [-0.39, 0.29) is 0 Å². The third-order valence-corrected chi connectivity index (χ3v) is 0.391. The summed E-state index contributed by atoms with van der Waals surface area (Å²) in [5.74, 6) is 1.22. The zero-order valence-electron chi connectivity index (χ0n) is 3.89. The first kappa shape index (κ1) is 5.92. The Morgan fingerprint density at radius 3 is 2.71 bits per heavy atom. The van der Waals surface area contributed by atoms with Gasteiger partial charge in [-0.1, -0.05) is 0 Å². The highest BCUT2D eigenvalue weighted by atomic mass is 16.5. The van der Waals surface area contributed by atoms with Gasteiger partial charge in [-0.15, -0.1) is 0 Å². The van der Waals surface area contributed by atoms with Crippen molar-refractivity contribution < 1.29 is 9.53 Å². The molecule has 0 heterocycles. The first-order chi connectivity index (χ1) is 3.31. The third kappa shape index (κ3) is 2.73. The van der Waals surface area contributed by atoms with Crippen LogP contribution >= 0.6 is 0 Å². The van der Waals surface area contributed by atoms with Crippen molar-refractivity contribution in [3.63, 3.8) is 0 Å². The van der Waals surface area contributed by atoms with E-state index in [1.807, 2.05) is 0 Å². The van der Waals surface area contributed by atoms with Gasteiger partial charge < -0.3 is 4.74 Å². The van der Waals surface area contributed by atoms with Gasteiger partial charge in [0.05, 0.1) is 13.2 Å². The van der Waals surface area contributed by atoms with Crippen molar-refractivity contribution in [3.05, 3.63) is 6.08 Å². The zero-order chi connectivity index (χ0) is 5.70. The molecule has 0 aliphatic carbocycles. The molecule has 7 heavy (non-hydrogen) atoms. The summed E-state index contributed by atoms with van der Waals surface area (Å²) in [6, 6.07) is 0. The predicted octanol–water partition coefficient (Wildman–Crippen LogP) is -0.0359. The number of hydrogen-bond donors (Lipinski definition) is 1. The number of ether oxygens (including phenoxy) is 1. The second kappa shape index (κ2) is 3.12. The van der Waals surface area contributed by atoms with E-state index in [1.54, 1.807) is 5.87 Å². The average molecular weight is 99.1 g/mol. The molecule has 0 unspecified atom stereocenters. The molecule has 1 N–H and O–H groups in total. The molecule has 0 bridgehead atoms. The molecule has 0 aromatic rings. The van der Waals surface area contributed by atoms with Gasteiger partial charge in [0.25, 0.3) is 0 Å². The summed E-state index contributed by atoms with van der Waals surface area (Å²) in [6.45, 7) is 0. The Balaban J connectivity index is 3.58. The molecule has 0 fully saturated rings. The largest absolute Gasteiger partial charge is 0.465 e. The van der Waals surface area contributed by atoms with Crippen LogP contribution in [0.1, 0.15) is 0 Å². The van der Waals surface area contributed by atoms with E-state index in [1.165, 1.54) is 7.11 Å². The molecule has 0 aliphatic heterocycles. The molecule has 0 saturated carbocycles. The molecule has 0 aromatic carbocycles. The minimum Gasteiger partial charge on any atom is -0.465 e. The minimum atomic E-state index is -0.546. The van der Waals surface area contributed by atoms with Crippen molar-refractivity contribution in [2.75, 3.05) is 7.11 Å². The van der Waals surface area contributed by atoms with Crippen molar-refractivity contribution in [2.24, 2.45) is 0 Å². The van der Waals surface area contributed by atoms with Crippen molar-refractivity contribution in [1.29, 1.82) is 5.41 Å². The van der Waals surface area contributed by atoms with Gasteiger partial charge in [-0.2, -0.15) is 0 Å². The monoisotopic (exact) mass is 99.0 g/mol. The fourth-order valence-corrected chi connectivity index (χ4v) is 0.118. The topological polar surface area (TPSA) is 50.2 Å². The predicted molar refractivity (Wildman–Crippen MR) is 24.3 cm³/mol. The van der Waals surface area contributed by atoms with Crippen LogP contribution in [0.3, 0.4) is 0 Å². The van der Waals surface area contributed by atoms with E-state index in [0.29, 0.717) is 0 Å². The summed E-state index contributed by atoms with van der Waals surface area (Å²) in [6.07, 6.45) is 0.903. The molecule has 0 saturated heterocycles. The van der Waals surface area contributed by atoms with Gasteiger partial charge in [0.1, 0.15) is 0 Å². The van der Waals surface area contributed by atoms with Crippen LogP contribution in [0, 0.1) is 5.41 Å². The van der Waals surface area contributed by atoms with Crippen LogP contribution in [0.4, 0.5) is 0 Å². The second-order valence-electron chi connectivity index (χ2n) is 0.812. The smallest absolute Gasteiger partial charge is 0.339 e. The van der Waals surface area contributed by atoms with E-state index >= 15 is 0 Å². The number of carbonyl (C=O) groups excluding carboxylic acids is 1. The lowest BCUT2D eigenvalue weighted by Gasteiger charge is -1.82. The van der Waals surface area contributed by atoms with Gasteiger partial charge in [-0.25, -0.2) is 4.79 Å². The van der Waals surface area contributed by atoms with Gasteiger partial charge in [0.2, 0.25) is 0 Å². The molecule has 0 aliphatic rings. The van der Waals surface area contributed by atoms with Gasteiger partial charge >= 0.3 is 5.97 Å². The first-order valence-corrected chi connectivity index (χ1v) is 1.64. The highest BCUT2D eigenvalue weighted by molar-refractivity contribution is 5.89. The van der Waals surface area contributed by atoms with Crippen molar-refractivity contribution in [1.82, 2.24) is 0 Å².